The summed E-state index contributed by atoms with van der Waals surface area (Å²) in [7, 11) is 0. The molecule has 0 saturated heterocycles. The van der Waals surface area contributed by atoms with E-state index in [-0.39, 0.29) is 60.3 Å². The van der Waals surface area contributed by atoms with Crippen molar-refractivity contribution in [2.75, 3.05) is 10.6 Å². The third-order valence-corrected chi connectivity index (χ3v) is 13.2. The van der Waals surface area contributed by atoms with Crippen molar-refractivity contribution < 1.29 is 55.7 Å². The number of thiazole rings is 2. The lowest BCUT2D eigenvalue weighted by atomic mass is 9.53. The van der Waals surface area contributed by atoms with Gasteiger partial charge < -0.3 is 20.8 Å². The molecule has 0 atom stereocenters. The van der Waals surface area contributed by atoms with Gasteiger partial charge in [0.1, 0.15) is 33.3 Å². The molecule has 4 saturated carbocycles. The van der Waals surface area contributed by atoms with E-state index in [1.165, 1.54) is 24.3 Å². The minimum atomic E-state index is -4.53. The van der Waals surface area contributed by atoms with E-state index < -0.39 is 52.2 Å². The summed E-state index contributed by atoms with van der Waals surface area (Å²) in [5.74, 6) is -3.10. The lowest BCUT2D eigenvalue weighted by Crippen LogP contribution is -2.50. The fraction of sp³-hybridized carbons (Fsp3) is 0.400. The maximum atomic E-state index is 13.0. The number of carbonyl (C=O) groups excluding carboxylic acids is 2. The van der Waals surface area contributed by atoms with Crippen LogP contribution in [0.1, 0.15) is 85.1 Å². The Balaban J connectivity index is 0.000000202. The molecule has 4 aliphatic rings. The fourth-order valence-electron chi connectivity index (χ4n) is 7.86. The van der Waals surface area contributed by atoms with Gasteiger partial charge in [0.05, 0.1) is 22.5 Å². The monoisotopic (exact) mass is 872 g/mol. The zero-order valence-corrected chi connectivity index (χ0v) is 32.9. The van der Waals surface area contributed by atoms with Crippen LogP contribution in [-0.4, -0.2) is 43.9 Å². The highest BCUT2D eigenvalue weighted by Crippen LogP contribution is 2.57. The summed E-state index contributed by atoms with van der Waals surface area (Å²) < 4.78 is 78.0. The number of nitrogens with zero attached hydrogens (tertiary/aromatic N) is 4. The number of nitriles is 2. The fourth-order valence-corrected chi connectivity index (χ4v) is 9.43. The standard InChI is InChI=1S/C21H18F3N3O3S.C19H16F3N3O3S/c22-21(23,24)13-3-1-2-12(10-13)15-14(11-25)31-18(26-15)27-16(28)19-4-7-20(8-5-19,9-6-19)17(29)30;20-19(21,22)13-3-1-2-12(8-13)15-14(9-23)29-18(24-15)25-16(26)10-4-6-11(7-5-10)17(27)28/h1-3,10H,4-9H2,(H,29,30)(H,26,27,28);1-3,8,10-11H,4-7H2,(H,27,28)(H,24,25,26). The van der Waals surface area contributed by atoms with E-state index in [4.69, 9.17) is 5.11 Å². The van der Waals surface area contributed by atoms with E-state index >= 15 is 0 Å². The molecular weight excluding hydrogens is 839 g/mol. The number of carboxylic acid groups (broad SMARTS) is 2. The molecule has 4 N–H and O–H groups in total. The molecule has 4 fully saturated rings. The van der Waals surface area contributed by atoms with E-state index in [9.17, 15) is 61.2 Å². The third-order valence-electron chi connectivity index (χ3n) is 11.5. The van der Waals surface area contributed by atoms with Crippen LogP contribution in [0.25, 0.3) is 22.5 Å². The van der Waals surface area contributed by atoms with E-state index in [2.05, 4.69) is 20.6 Å². The van der Waals surface area contributed by atoms with E-state index in [0.29, 0.717) is 64.2 Å². The molecule has 2 heterocycles. The Bertz CT molecular complexity index is 2380. The van der Waals surface area contributed by atoms with Crippen LogP contribution in [0, 0.1) is 45.3 Å². The van der Waals surface area contributed by atoms with Crippen LogP contribution in [0.15, 0.2) is 48.5 Å². The lowest BCUT2D eigenvalue weighted by molar-refractivity contribution is -0.162. The Morgan fingerprint density at radius 1 is 0.667 bits per heavy atom. The van der Waals surface area contributed by atoms with Crippen LogP contribution in [0.2, 0.25) is 0 Å². The van der Waals surface area contributed by atoms with Crippen LogP contribution in [0.5, 0.6) is 0 Å². The topological polar surface area (TPSA) is 206 Å². The van der Waals surface area contributed by atoms with Crippen molar-refractivity contribution in [2.24, 2.45) is 22.7 Å². The second-order valence-corrected chi connectivity index (χ2v) is 17.0. The SMILES string of the molecule is N#Cc1sc(NC(=O)C23CCC(C(=O)O)(CC2)CC3)nc1-c1cccc(C(F)(F)F)c1.N#Cc1sc(NC(=O)C2CCC(C(=O)O)CC2)nc1-c1cccc(C(F)(F)F)c1. The van der Waals surface area contributed by atoms with E-state index in [0.717, 1.165) is 46.9 Å². The number of benzene rings is 2. The van der Waals surface area contributed by atoms with Gasteiger partial charge in [-0.2, -0.15) is 36.9 Å². The number of aliphatic carboxylic acids is 2. The van der Waals surface area contributed by atoms with Crippen LogP contribution in [0.4, 0.5) is 36.6 Å². The van der Waals surface area contributed by atoms with Gasteiger partial charge in [-0.05, 0) is 88.5 Å². The number of nitrogens with one attached hydrogen (secondary N) is 2. The molecule has 0 radical (unpaired) electrons. The number of aromatic nitrogens is 2. The Morgan fingerprint density at radius 3 is 1.48 bits per heavy atom. The van der Waals surface area contributed by atoms with Gasteiger partial charge in [-0.3, -0.25) is 19.2 Å². The molecule has 2 aromatic heterocycles. The number of hydrogen-bond donors (Lipinski definition) is 4. The lowest BCUT2D eigenvalue weighted by Gasteiger charge is -2.50. The summed E-state index contributed by atoms with van der Waals surface area (Å²) in [6.07, 6.45) is -4.68. The molecule has 0 spiro atoms. The zero-order chi connectivity index (χ0) is 43.6. The predicted octanol–water partition coefficient (Wildman–Crippen LogP) is 9.59. The highest BCUT2D eigenvalue weighted by atomic mass is 32.1. The summed E-state index contributed by atoms with van der Waals surface area (Å²) in [4.78, 5) is 56.6. The summed E-state index contributed by atoms with van der Waals surface area (Å²) >= 11 is 1.79. The Morgan fingerprint density at radius 2 is 1.08 bits per heavy atom. The number of rotatable bonds is 8. The van der Waals surface area contributed by atoms with Gasteiger partial charge in [0.25, 0.3) is 0 Å². The first-order chi connectivity index (χ1) is 28.3. The second-order valence-electron chi connectivity index (χ2n) is 15.0. The summed E-state index contributed by atoms with van der Waals surface area (Å²) in [5.41, 5.74) is -2.68. The molecule has 8 rings (SSSR count). The predicted molar refractivity (Wildman–Crippen MR) is 205 cm³/mol. The van der Waals surface area contributed by atoms with Gasteiger partial charge in [-0.15, -0.1) is 0 Å². The minimum Gasteiger partial charge on any atom is -0.481 e. The zero-order valence-electron chi connectivity index (χ0n) is 31.2. The van der Waals surface area contributed by atoms with Crippen LogP contribution in [-0.2, 0) is 31.5 Å². The molecule has 20 heteroatoms. The highest BCUT2D eigenvalue weighted by Gasteiger charge is 2.55. The van der Waals surface area contributed by atoms with Gasteiger partial charge in [-0.1, -0.05) is 46.9 Å². The number of carbonyl (C=O) groups is 4. The first-order valence-corrected chi connectivity index (χ1v) is 20.2. The third kappa shape index (κ3) is 9.29. The summed E-state index contributed by atoms with van der Waals surface area (Å²) in [6, 6.07) is 12.9. The van der Waals surface area contributed by atoms with Gasteiger partial charge >= 0.3 is 24.3 Å². The Hall–Kier alpha value is -5.86. The highest BCUT2D eigenvalue weighted by molar-refractivity contribution is 7.17. The van der Waals surface area contributed by atoms with Gasteiger partial charge in [0.2, 0.25) is 11.8 Å². The van der Waals surface area contributed by atoms with Crippen molar-refractivity contribution in [3.8, 4) is 34.7 Å². The first-order valence-electron chi connectivity index (χ1n) is 18.5. The molecule has 60 heavy (non-hydrogen) atoms. The largest absolute Gasteiger partial charge is 0.481 e. The van der Waals surface area contributed by atoms with Crippen LogP contribution in [0.3, 0.4) is 0 Å². The summed E-state index contributed by atoms with van der Waals surface area (Å²) in [6.45, 7) is 0. The maximum Gasteiger partial charge on any atom is 0.416 e. The van der Waals surface area contributed by atoms with Crippen LogP contribution >= 0.6 is 22.7 Å². The van der Waals surface area contributed by atoms with E-state index in [1.807, 2.05) is 12.1 Å². The van der Waals surface area contributed by atoms with Crippen molar-refractivity contribution in [2.45, 2.75) is 76.6 Å². The Labute approximate surface area is 345 Å². The number of fused-ring (bicyclic) bond motifs is 3. The molecule has 4 aliphatic carbocycles. The number of anilines is 2. The molecule has 0 aliphatic heterocycles. The normalized spacial score (nSPS) is 22.3. The van der Waals surface area contributed by atoms with Crippen molar-refractivity contribution >= 4 is 56.7 Å². The van der Waals surface area contributed by atoms with Crippen LogP contribution < -0.4 is 10.6 Å². The molecule has 4 aromatic rings. The van der Waals surface area contributed by atoms with Crippen molar-refractivity contribution in [3.05, 3.63) is 69.4 Å². The summed E-state index contributed by atoms with van der Waals surface area (Å²) in [5, 5.41) is 42.9. The van der Waals surface area contributed by atoms with E-state index in [1.54, 1.807) is 0 Å². The molecule has 2 aromatic carbocycles. The molecular formula is C40H34F6N6O6S2. The number of hydrogen-bond acceptors (Lipinski definition) is 10. The number of amides is 2. The number of halogens is 6. The Kier molecular flexibility index (Phi) is 12.4. The maximum absolute atomic E-state index is 13.0. The average molecular weight is 873 g/mol. The van der Waals surface area contributed by atoms with Crippen molar-refractivity contribution in [3.63, 3.8) is 0 Å². The molecule has 314 valence electrons. The smallest absolute Gasteiger partial charge is 0.416 e. The number of carboxylic acids is 2. The van der Waals surface area contributed by atoms with Gasteiger partial charge in [0, 0.05) is 22.5 Å². The second kappa shape index (κ2) is 17.0. The van der Waals surface area contributed by atoms with Gasteiger partial charge in [0.15, 0.2) is 10.3 Å². The molecule has 0 unspecified atom stereocenters. The molecule has 2 bridgehead atoms. The quantitative estimate of drug-likeness (QED) is 0.123. The van der Waals surface area contributed by atoms with Crippen molar-refractivity contribution in [1.82, 2.24) is 9.97 Å². The first kappa shape index (κ1) is 43.7. The van der Waals surface area contributed by atoms with Crippen molar-refractivity contribution in [1.29, 1.82) is 10.5 Å². The molecule has 12 nitrogen and oxygen atoms in total. The minimum absolute atomic E-state index is 0.0773. The average Bonchev–Trinajstić information content (AvgIpc) is 3.85. The number of alkyl halides is 6. The molecule has 2 amide bonds. The van der Waals surface area contributed by atoms with Gasteiger partial charge in [-0.25, -0.2) is 9.97 Å².